The molecule has 4 heteroatoms. The number of nitrogens with one attached hydrogen (secondary N) is 1. The van der Waals surface area contributed by atoms with Crippen LogP contribution in [0.2, 0.25) is 0 Å². The normalized spacial score (nSPS) is 11.0. The highest BCUT2D eigenvalue weighted by atomic mass is 32.1. The lowest BCUT2D eigenvalue weighted by Gasteiger charge is -2.22. The van der Waals surface area contributed by atoms with Crippen LogP contribution < -0.4 is 0 Å². The minimum atomic E-state index is 0.173. The minimum Gasteiger partial charge on any atom is -0.361 e. The first-order valence-corrected chi connectivity index (χ1v) is 10.4. The Hall–Kier alpha value is -2.85. The molecule has 1 amide bonds. The Bertz CT molecular complexity index is 1060. The highest BCUT2D eigenvalue weighted by Gasteiger charge is 2.17. The van der Waals surface area contributed by atoms with Gasteiger partial charge in [0.1, 0.15) is 0 Å². The van der Waals surface area contributed by atoms with E-state index in [2.05, 4.69) is 54.4 Å². The number of fused-ring (bicyclic) bond motifs is 1. The van der Waals surface area contributed by atoms with E-state index in [1.54, 1.807) is 11.3 Å². The maximum absolute atomic E-state index is 13.2. The summed E-state index contributed by atoms with van der Waals surface area (Å²) < 4.78 is 0. The predicted molar refractivity (Wildman–Crippen MR) is 117 cm³/mol. The number of para-hydroxylation sites is 1. The fraction of sp³-hybridized carbons (Fsp3) is 0.208. The number of thiophene rings is 1. The summed E-state index contributed by atoms with van der Waals surface area (Å²) in [6, 6.07) is 22.8. The molecule has 0 bridgehead atoms. The molecule has 142 valence electrons. The summed E-state index contributed by atoms with van der Waals surface area (Å²) in [5, 5.41) is 1.13. The van der Waals surface area contributed by atoms with Gasteiger partial charge in [-0.3, -0.25) is 4.79 Å². The van der Waals surface area contributed by atoms with Gasteiger partial charge in [-0.1, -0.05) is 48.5 Å². The number of hydrogen-bond donors (Lipinski definition) is 1. The Kier molecular flexibility index (Phi) is 5.58. The molecule has 0 aliphatic carbocycles. The van der Waals surface area contributed by atoms with Crippen molar-refractivity contribution in [1.82, 2.24) is 9.88 Å². The molecule has 0 saturated carbocycles. The number of carbonyl (C=O) groups excluding carboxylic acids is 1. The Morgan fingerprint density at radius 2 is 1.79 bits per heavy atom. The summed E-state index contributed by atoms with van der Waals surface area (Å²) in [6.45, 7) is 3.50. The first-order valence-electron chi connectivity index (χ1n) is 9.61. The number of aromatic amines is 1. The number of benzene rings is 2. The number of nitrogens with zero attached hydrogens (tertiary/aromatic N) is 1. The van der Waals surface area contributed by atoms with Crippen LogP contribution in [-0.4, -0.2) is 22.3 Å². The molecule has 0 saturated heterocycles. The first-order chi connectivity index (χ1) is 13.7. The minimum absolute atomic E-state index is 0.173. The van der Waals surface area contributed by atoms with Crippen molar-refractivity contribution < 1.29 is 4.79 Å². The van der Waals surface area contributed by atoms with E-state index < -0.39 is 0 Å². The van der Waals surface area contributed by atoms with E-state index >= 15 is 0 Å². The van der Waals surface area contributed by atoms with Gasteiger partial charge in [0.2, 0.25) is 5.91 Å². The highest BCUT2D eigenvalue weighted by molar-refractivity contribution is 7.11. The number of aryl methyl sites for hydroxylation is 1. The summed E-state index contributed by atoms with van der Waals surface area (Å²) in [7, 11) is 0. The molecule has 0 fully saturated rings. The number of hydrogen-bond acceptors (Lipinski definition) is 2. The maximum atomic E-state index is 13.2. The molecule has 2 heterocycles. The van der Waals surface area contributed by atoms with E-state index in [9.17, 15) is 4.79 Å². The molecule has 2 aromatic heterocycles. The van der Waals surface area contributed by atoms with Crippen LogP contribution in [0.25, 0.3) is 10.9 Å². The zero-order valence-electron chi connectivity index (χ0n) is 16.0. The highest BCUT2D eigenvalue weighted by Crippen LogP contribution is 2.21. The van der Waals surface area contributed by atoms with Crippen molar-refractivity contribution in [3.63, 3.8) is 0 Å². The van der Waals surface area contributed by atoms with Crippen molar-refractivity contribution in [1.29, 1.82) is 0 Å². The quantitative estimate of drug-likeness (QED) is 0.455. The van der Waals surface area contributed by atoms with Crippen LogP contribution in [0, 0.1) is 6.92 Å². The third-order valence-electron chi connectivity index (χ3n) is 5.03. The lowest BCUT2D eigenvalue weighted by molar-refractivity contribution is -0.131. The molecule has 4 rings (SSSR count). The molecule has 0 aliphatic rings. The molecule has 3 nitrogen and oxygen atoms in total. The van der Waals surface area contributed by atoms with Gasteiger partial charge >= 0.3 is 0 Å². The van der Waals surface area contributed by atoms with Crippen LogP contribution in [0.1, 0.15) is 20.9 Å². The van der Waals surface area contributed by atoms with Gasteiger partial charge < -0.3 is 9.88 Å². The van der Waals surface area contributed by atoms with E-state index in [0.717, 1.165) is 29.4 Å². The van der Waals surface area contributed by atoms with Crippen LogP contribution in [-0.2, 0) is 24.2 Å². The number of aromatic nitrogens is 1. The van der Waals surface area contributed by atoms with Gasteiger partial charge in [0.25, 0.3) is 0 Å². The van der Waals surface area contributed by atoms with Crippen LogP contribution in [0.4, 0.5) is 0 Å². The third-order valence-corrected chi connectivity index (χ3v) is 6.01. The van der Waals surface area contributed by atoms with Crippen LogP contribution in [0.5, 0.6) is 0 Å². The summed E-state index contributed by atoms with van der Waals surface area (Å²) in [5.74, 6) is 0.173. The molecule has 1 N–H and O–H groups in total. The fourth-order valence-electron chi connectivity index (χ4n) is 3.51. The molecule has 0 spiro atoms. The van der Waals surface area contributed by atoms with Gasteiger partial charge in [-0.2, -0.15) is 0 Å². The van der Waals surface area contributed by atoms with E-state index in [0.29, 0.717) is 13.0 Å². The van der Waals surface area contributed by atoms with Crippen LogP contribution in [0.15, 0.2) is 72.9 Å². The zero-order valence-corrected chi connectivity index (χ0v) is 16.8. The third kappa shape index (κ3) is 4.34. The standard InChI is InChI=1S/C24H24N2OS/c1-18-11-12-21(28-18)17-26(14-13-19-7-3-2-4-8-19)24(27)15-20-16-25-23-10-6-5-9-22(20)23/h2-12,16,25H,13-15,17H2,1H3. The van der Waals surface area contributed by atoms with Gasteiger partial charge in [0.05, 0.1) is 13.0 Å². The zero-order chi connectivity index (χ0) is 19.3. The molecule has 0 unspecified atom stereocenters. The van der Waals surface area contributed by atoms with Crippen molar-refractivity contribution in [2.45, 2.75) is 26.3 Å². The Labute approximate surface area is 169 Å². The van der Waals surface area contributed by atoms with Crippen molar-refractivity contribution in [2.75, 3.05) is 6.54 Å². The molecule has 0 aliphatic heterocycles. The van der Waals surface area contributed by atoms with Crippen molar-refractivity contribution in [3.8, 4) is 0 Å². The maximum Gasteiger partial charge on any atom is 0.227 e. The molecule has 4 aromatic rings. The molecule has 2 aromatic carbocycles. The summed E-state index contributed by atoms with van der Waals surface area (Å²) >= 11 is 1.77. The van der Waals surface area contributed by atoms with Crippen molar-refractivity contribution in [2.24, 2.45) is 0 Å². The van der Waals surface area contributed by atoms with Crippen LogP contribution in [0.3, 0.4) is 0 Å². The summed E-state index contributed by atoms with van der Waals surface area (Å²) in [4.78, 5) is 21.0. The molecular weight excluding hydrogens is 364 g/mol. The van der Waals surface area contributed by atoms with Crippen molar-refractivity contribution >= 4 is 28.1 Å². The van der Waals surface area contributed by atoms with Crippen molar-refractivity contribution in [3.05, 3.63) is 93.8 Å². The van der Waals surface area contributed by atoms with E-state index in [1.165, 1.54) is 15.3 Å². The first kappa shape index (κ1) is 18.5. The number of rotatable bonds is 7. The molecule has 28 heavy (non-hydrogen) atoms. The van der Waals surface area contributed by atoms with E-state index in [1.807, 2.05) is 35.4 Å². The summed E-state index contributed by atoms with van der Waals surface area (Å²) in [6.07, 6.45) is 3.25. The van der Waals surface area contributed by atoms with Gasteiger partial charge in [-0.15, -0.1) is 11.3 Å². The second kappa shape index (κ2) is 8.44. The van der Waals surface area contributed by atoms with Crippen LogP contribution >= 0.6 is 11.3 Å². The fourth-order valence-corrected chi connectivity index (χ4v) is 4.42. The molecular formula is C24H24N2OS. The summed E-state index contributed by atoms with van der Waals surface area (Å²) in [5.41, 5.74) is 3.40. The molecule has 0 radical (unpaired) electrons. The number of carbonyl (C=O) groups is 1. The lowest BCUT2D eigenvalue weighted by atomic mass is 10.1. The average molecular weight is 389 g/mol. The van der Waals surface area contributed by atoms with Gasteiger partial charge in [-0.25, -0.2) is 0 Å². The van der Waals surface area contributed by atoms with Gasteiger partial charge in [0.15, 0.2) is 0 Å². The Morgan fingerprint density at radius 1 is 1.00 bits per heavy atom. The second-order valence-corrected chi connectivity index (χ2v) is 8.47. The van der Waals surface area contributed by atoms with Gasteiger partial charge in [-0.05, 0) is 42.7 Å². The smallest absolute Gasteiger partial charge is 0.227 e. The Morgan fingerprint density at radius 3 is 2.57 bits per heavy atom. The lowest BCUT2D eigenvalue weighted by Crippen LogP contribution is -2.33. The number of H-pyrrole nitrogens is 1. The monoisotopic (exact) mass is 388 g/mol. The SMILES string of the molecule is Cc1ccc(CN(CCc2ccccc2)C(=O)Cc2c[nH]c3ccccc23)s1. The van der Waals surface area contributed by atoms with E-state index in [4.69, 9.17) is 0 Å². The van der Waals surface area contributed by atoms with Gasteiger partial charge in [0, 0.05) is 33.4 Å². The molecule has 0 atom stereocenters. The predicted octanol–water partition coefficient (Wildman–Crippen LogP) is 5.35. The largest absolute Gasteiger partial charge is 0.361 e. The topological polar surface area (TPSA) is 36.1 Å². The second-order valence-electron chi connectivity index (χ2n) is 7.10. The number of amides is 1. The average Bonchev–Trinajstić information content (AvgIpc) is 3.32. The van der Waals surface area contributed by atoms with E-state index in [-0.39, 0.29) is 5.91 Å². The Balaban J connectivity index is 1.51.